The Morgan fingerprint density at radius 3 is 2.31 bits per heavy atom. The summed E-state index contributed by atoms with van der Waals surface area (Å²) in [5, 5.41) is 11.5. The Morgan fingerprint density at radius 2 is 1.77 bits per heavy atom. The van der Waals surface area contributed by atoms with Gasteiger partial charge in [-0.2, -0.15) is 0 Å². The van der Waals surface area contributed by atoms with Crippen molar-refractivity contribution in [3.05, 3.63) is 35.9 Å². The van der Waals surface area contributed by atoms with Crippen molar-refractivity contribution in [2.45, 2.75) is 68.7 Å². The molecule has 2 aliphatic heterocycles. The fourth-order valence-electron chi connectivity index (χ4n) is 5.64. The molecule has 2 bridgehead atoms. The summed E-state index contributed by atoms with van der Waals surface area (Å²) in [7, 11) is 4.49. The molecule has 5 heteroatoms. The average molecular weight is 424 g/mol. The summed E-state index contributed by atoms with van der Waals surface area (Å²) < 4.78 is 6.96. The Hall–Kier alpha value is -0.910. The van der Waals surface area contributed by atoms with Crippen LogP contribution in [0.3, 0.4) is 0 Å². The molecule has 4 atom stereocenters. The molecule has 3 fully saturated rings. The van der Waals surface area contributed by atoms with Crippen molar-refractivity contribution >= 4 is 5.97 Å². The minimum Gasteiger partial charge on any atom is -1.00 e. The number of carbonyl (C=O) groups is 1. The number of likely N-dealkylation sites (N-methyl/N-ethyl adjacent to an activating group) is 1. The van der Waals surface area contributed by atoms with Gasteiger partial charge in [0.2, 0.25) is 0 Å². The fourth-order valence-corrected chi connectivity index (χ4v) is 5.64. The summed E-state index contributed by atoms with van der Waals surface area (Å²) in [5.74, 6) is -0.466. The number of esters is 1. The Labute approximate surface area is 166 Å². The van der Waals surface area contributed by atoms with Gasteiger partial charge in [-0.25, -0.2) is 4.79 Å². The second-order valence-corrected chi connectivity index (χ2v) is 8.72. The molecular formula is C21H30BrNO3. The number of quaternary nitrogens is 1. The van der Waals surface area contributed by atoms with Crippen molar-refractivity contribution in [2.75, 3.05) is 14.1 Å². The van der Waals surface area contributed by atoms with Gasteiger partial charge in [-0.05, 0) is 18.4 Å². The molecule has 0 spiro atoms. The summed E-state index contributed by atoms with van der Waals surface area (Å²) in [6.45, 7) is 0. The zero-order valence-corrected chi connectivity index (χ0v) is 17.3. The predicted octanol–water partition coefficient (Wildman–Crippen LogP) is -0.00870. The molecule has 0 radical (unpaired) electrons. The molecule has 2 saturated heterocycles. The van der Waals surface area contributed by atoms with E-state index in [1.54, 1.807) is 0 Å². The van der Waals surface area contributed by atoms with E-state index in [9.17, 15) is 9.90 Å². The van der Waals surface area contributed by atoms with Gasteiger partial charge in [-0.3, -0.25) is 0 Å². The lowest BCUT2D eigenvalue weighted by Crippen LogP contribution is -3.00. The third-order valence-electron chi connectivity index (χ3n) is 7.25. The van der Waals surface area contributed by atoms with E-state index in [0.29, 0.717) is 17.6 Å². The average Bonchev–Trinajstić information content (AvgIpc) is 3.30. The number of hydrogen-bond donors (Lipinski definition) is 1. The van der Waals surface area contributed by atoms with E-state index in [1.807, 2.05) is 30.3 Å². The third-order valence-corrected chi connectivity index (χ3v) is 7.25. The first-order valence-corrected chi connectivity index (χ1v) is 9.76. The summed E-state index contributed by atoms with van der Waals surface area (Å²) in [4.78, 5) is 13.2. The summed E-state index contributed by atoms with van der Waals surface area (Å²) >= 11 is 0. The first-order valence-electron chi connectivity index (χ1n) is 9.76. The van der Waals surface area contributed by atoms with Gasteiger partial charge in [0.05, 0.1) is 20.1 Å². The van der Waals surface area contributed by atoms with Crippen molar-refractivity contribution in [3.8, 4) is 0 Å². The lowest BCUT2D eigenvalue weighted by molar-refractivity contribution is -0.913. The molecule has 1 saturated carbocycles. The number of carbonyl (C=O) groups excluding carboxylic acids is 1. The monoisotopic (exact) mass is 423 g/mol. The highest BCUT2D eigenvalue weighted by Gasteiger charge is 2.58. The van der Waals surface area contributed by atoms with Crippen LogP contribution in [0.2, 0.25) is 0 Å². The van der Waals surface area contributed by atoms with Crippen LogP contribution in [0.25, 0.3) is 0 Å². The highest BCUT2D eigenvalue weighted by atomic mass is 79.9. The number of hydrogen-bond acceptors (Lipinski definition) is 3. The molecule has 1 N–H and O–H groups in total. The van der Waals surface area contributed by atoms with Crippen LogP contribution < -0.4 is 17.0 Å². The van der Waals surface area contributed by atoms with Crippen LogP contribution in [0.1, 0.15) is 50.5 Å². The Bertz CT molecular complexity index is 644. The SMILES string of the molecule is C[N+]1(C)C2CCC1[C@@H](OC(=O)[C@@](O)(c1ccccc1)C1CCCC1)C2.[Br-]. The van der Waals surface area contributed by atoms with Crippen LogP contribution in [0.15, 0.2) is 30.3 Å². The van der Waals surface area contributed by atoms with Crippen molar-refractivity contribution in [2.24, 2.45) is 5.92 Å². The Morgan fingerprint density at radius 1 is 1.12 bits per heavy atom. The minimum atomic E-state index is -1.50. The number of nitrogens with zero attached hydrogens (tertiary/aromatic N) is 1. The third kappa shape index (κ3) is 3.02. The van der Waals surface area contributed by atoms with E-state index < -0.39 is 11.6 Å². The molecule has 1 aromatic carbocycles. The van der Waals surface area contributed by atoms with Crippen LogP contribution in [-0.4, -0.2) is 47.8 Å². The van der Waals surface area contributed by atoms with Crippen LogP contribution in [-0.2, 0) is 15.1 Å². The second kappa shape index (κ2) is 7.25. The molecule has 26 heavy (non-hydrogen) atoms. The zero-order chi connectivity index (χ0) is 17.7. The van der Waals surface area contributed by atoms with Gasteiger partial charge in [-0.1, -0.05) is 43.2 Å². The fraction of sp³-hybridized carbons (Fsp3) is 0.667. The van der Waals surface area contributed by atoms with Crippen LogP contribution >= 0.6 is 0 Å². The molecule has 1 aliphatic carbocycles. The van der Waals surface area contributed by atoms with E-state index in [4.69, 9.17) is 4.74 Å². The first kappa shape index (κ1) is 19.8. The largest absolute Gasteiger partial charge is 1.00 e. The van der Waals surface area contributed by atoms with Crippen LogP contribution in [0.4, 0.5) is 0 Å². The predicted molar refractivity (Wildman–Crippen MR) is 95.7 cm³/mol. The molecule has 2 unspecified atom stereocenters. The van der Waals surface area contributed by atoms with Crippen LogP contribution in [0.5, 0.6) is 0 Å². The summed E-state index contributed by atoms with van der Waals surface area (Å²) in [6.07, 6.45) is 7.13. The Balaban J connectivity index is 0.00000196. The van der Waals surface area contributed by atoms with Gasteiger partial charge >= 0.3 is 5.97 Å². The molecule has 0 aromatic heterocycles. The first-order chi connectivity index (χ1) is 11.9. The number of benzene rings is 1. The van der Waals surface area contributed by atoms with Crippen molar-refractivity contribution in [1.29, 1.82) is 0 Å². The topological polar surface area (TPSA) is 46.5 Å². The summed E-state index contributed by atoms with van der Waals surface area (Å²) in [5.41, 5.74) is -0.819. The van der Waals surface area contributed by atoms with Gasteiger partial charge in [0, 0.05) is 25.2 Å². The van der Waals surface area contributed by atoms with Gasteiger partial charge < -0.3 is 31.3 Å². The maximum absolute atomic E-state index is 13.2. The minimum absolute atomic E-state index is 0. The standard InChI is InChI=1S/C21H30NO3.BrH/c1-22(2)17-12-13-18(22)19(14-17)25-20(23)21(24,16-10-6-7-11-16)15-8-4-3-5-9-15;/h3-5,8-9,16-19,24H,6-7,10-14H2,1-2H3;1H/q+1;/p-1/t17?,18?,19-,21+;/m0./s1. The van der Waals surface area contributed by atoms with Gasteiger partial charge in [0.15, 0.2) is 11.7 Å². The maximum Gasteiger partial charge on any atom is 0.343 e. The molecule has 2 heterocycles. The van der Waals surface area contributed by atoms with E-state index in [0.717, 1.165) is 43.0 Å². The number of rotatable bonds is 4. The number of aliphatic hydroxyl groups is 1. The van der Waals surface area contributed by atoms with E-state index in [1.165, 1.54) is 6.42 Å². The van der Waals surface area contributed by atoms with Gasteiger partial charge in [-0.15, -0.1) is 0 Å². The highest BCUT2D eigenvalue weighted by molar-refractivity contribution is 5.82. The van der Waals surface area contributed by atoms with E-state index >= 15 is 0 Å². The Kier molecular flexibility index (Phi) is 5.53. The second-order valence-electron chi connectivity index (χ2n) is 8.72. The van der Waals surface area contributed by atoms with Crippen LogP contribution in [0, 0.1) is 5.92 Å². The van der Waals surface area contributed by atoms with E-state index in [-0.39, 0.29) is 29.0 Å². The lowest BCUT2D eigenvalue weighted by atomic mass is 9.80. The number of fused-ring (bicyclic) bond motifs is 2. The lowest BCUT2D eigenvalue weighted by Gasteiger charge is -2.35. The molecule has 1 aromatic rings. The van der Waals surface area contributed by atoms with Gasteiger partial charge in [0.25, 0.3) is 0 Å². The van der Waals surface area contributed by atoms with Crippen molar-refractivity contribution < 1.29 is 36.1 Å². The molecule has 144 valence electrons. The number of halogens is 1. The van der Waals surface area contributed by atoms with Gasteiger partial charge in [0.1, 0.15) is 6.04 Å². The smallest absolute Gasteiger partial charge is 0.343 e. The molecule has 0 amide bonds. The molecule has 3 aliphatic rings. The van der Waals surface area contributed by atoms with E-state index in [2.05, 4.69) is 14.1 Å². The summed E-state index contributed by atoms with van der Waals surface area (Å²) in [6, 6.07) is 10.4. The normalized spacial score (nSPS) is 32.0. The quantitative estimate of drug-likeness (QED) is 0.547. The van der Waals surface area contributed by atoms with Crippen molar-refractivity contribution in [3.63, 3.8) is 0 Å². The number of ether oxygens (including phenoxy) is 1. The molecule has 4 nitrogen and oxygen atoms in total. The maximum atomic E-state index is 13.2. The zero-order valence-electron chi connectivity index (χ0n) is 15.7. The highest BCUT2D eigenvalue weighted by Crippen LogP contribution is 2.46. The van der Waals surface area contributed by atoms with Crippen molar-refractivity contribution in [1.82, 2.24) is 0 Å². The molecular weight excluding hydrogens is 394 g/mol. The molecule has 4 rings (SSSR count).